The molecule has 2 fully saturated rings. The van der Waals surface area contributed by atoms with Gasteiger partial charge in [0, 0.05) is 30.7 Å². The van der Waals surface area contributed by atoms with Crippen molar-refractivity contribution in [2.24, 2.45) is 5.92 Å². The highest BCUT2D eigenvalue weighted by Gasteiger charge is 2.47. The zero-order valence-electron chi connectivity index (χ0n) is 21.2. The van der Waals surface area contributed by atoms with Gasteiger partial charge >= 0.3 is 6.18 Å². The first-order chi connectivity index (χ1) is 17.4. The van der Waals surface area contributed by atoms with E-state index in [-0.39, 0.29) is 24.4 Å². The van der Waals surface area contributed by atoms with E-state index in [0.29, 0.717) is 49.5 Å². The summed E-state index contributed by atoms with van der Waals surface area (Å²) < 4.78 is 45.3. The number of ether oxygens (including phenoxy) is 1. The van der Waals surface area contributed by atoms with E-state index in [4.69, 9.17) is 16.3 Å². The van der Waals surface area contributed by atoms with Crippen molar-refractivity contribution in [1.82, 2.24) is 10.2 Å². The monoisotopic (exact) mass is 538 g/mol. The Kier molecular flexibility index (Phi) is 8.24. The smallest absolute Gasteiger partial charge is 0.385 e. The minimum absolute atomic E-state index is 0.000578. The van der Waals surface area contributed by atoms with Crippen molar-refractivity contribution < 1.29 is 27.8 Å². The van der Waals surface area contributed by atoms with Gasteiger partial charge in [0.05, 0.1) is 17.8 Å². The molecule has 2 aliphatic heterocycles. The van der Waals surface area contributed by atoms with Crippen LogP contribution in [0.3, 0.4) is 0 Å². The van der Waals surface area contributed by atoms with Crippen molar-refractivity contribution in [3.05, 3.63) is 70.2 Å². The maximum atomic E-state index is 13.3. The van der Waals surface area contributed by atoms with E-state index in [0.717, 1.165) is 24.1 Å². The summed E-state index contributed by atoms with van der Waals surface area (Å²) in [4.78, 5) is 15.6. The molecule has 0 spiro atoms. The lowest BCUT2D eigenvalue weighted by Crippen LogP contribution is -2.59. The van der Waals surface area contributed by atoms with Gasteiger partial charge in [-0.05, 0) is 67.0 Å². The van der Waals surface area contributed by atoms with Gasteiger partial charge in [0.25, 0.3) is 5.91 Å². The fraction of sp³-hybridized carbons (Fsp3) is 0.536. The molecular formula is C28H34ClF3N2O3. The number of carbonyl (C=O) groups excluding carboxylic acids is 1. The standard InChI is InChI=1S/C28H34ClF3N2O3/c1-19(2)27(25(35)33-17-20-4-3-5-22(16-20)28(30,31)32)11-10-24(18-37-27)34-14-12-26(36,13-15-34)21-6-8-23(29)9-7-21/h3-9,16,19,24,36H,10-15,17-18H2,1-2H3,(H,33,35)/t24-,27+/m1/s1. The van der Waals surface area contributed by atoms with Gasteiger partial charge in [0.1, 0.15) is 5.60 Å². The molecule has 5 nitrogen and oxygen atoms in total. The van der Waals surface area contributed by atoms with Gasteiger partial charge in [-0.1, -0.05) is 49.7 Å². The van der Waals surface area contributed by atoms with E-state index < -0.39 is 22.9 Å². The molecule has 2 saturated heterocycles. The first-order valence-corrected chi connectivity index (χ1v) is 13.1. The highest BCUT2D eigenvalue weighted by atomic mass is 35.5. The Morgan fingerprint density at radius 2 is 1.84 bits per heavy atom. The number of aliphatic hydroxyl groups is 1. The molecule has 4 rings (SSSR count). The van der Waals surface area contributed by atoms with Crippen molar-refractivity contribution in [2.45, 2.75) is 69.5 Å². The van der Waals surface area contributed by atoms with Crippen molar-refractivity contribution in [3.63, 3.8) is 0 Å². The molecule has 2 aromatic carbocycles. The van der Waals surface area contributed by atoms with Crippen LogP contribution in [-0.4, -0.2) is 47.3 Å². The second-order valence-corrected chi connectivity index (χ2v) is 10.9. The van der Waals surface area contributed by atoms with Crippen LogP contribution in [0.25, 0.3) is 0 Å². The van der Waals surface area contributed by atoms with Gasteiger partial charge in [-0.2, -0.15) is 13.2 Å². The van der Waals surface area contributed by atoms with Crippen molar-refractivity contribution in [3.8, 4) is 0 Å². The Morgan fingerprint density at radius 3 is 2.41 bits per heavy atom. The van der Waals surface area contributed by atoms with Crippen LogP contribution in [0.2, 0.25) is 5.02 Å². The first kappa shape index (κ1) is 27.9. The molecule has 1 amide bonds. The molecule has 2 heterocycles. The maximum Gasteiger partial charge on any atom is 0.416 e. The number of carbonyl (C=O) groups is 1. The van der Waals surface area contributed by atoms with Crippen molar-refractivity contribution >= 4 is 17.5 Å². The summed E-state index contributed by atoms with van der Waals surface area (Å²) in [5.41, 5.74) is -1.40. The Labute approximate surface area is 220 Å². The fourth-order valence-corrected chi connectivity index (χ4v) is 5.59. The van der Waals surface area contributed by atoms with E-state index in [1.807, 2.05) is 26.0 Å². The highest BCUT2D eigenvalue weighted by Crippen LogP contribution is 2.38. The molecule has 0 unspecified atom stereocenters. The van der Waals surface area contributed by atoms with Crippen LogP contribution in [0, 0.1) is 5.92 Å². The number of nitrogens with one attached hydrogen (secondary N) is 1. The summed E-state index contributed by atoms with van der Waals surface area (Å²) in [6.45, 7) is 5.66. The Morgan fingerprint density at radius 1 is 1.16 bits per heavy atom. The summed E-state index contributed by atoms with van der Waals surface area (Å²) in [6, 6.07) is 12.4. The minimum Gasteiger partial charge on any atom is -0.385 e. The number of hydrogen-bond donors (Lipinski definition) is 2. The number of hydrogen-bond acceptors (Lipinski definition) is 4. The van der Waals surface area contributed by atoms with Crippen LogP contribution >= 0.6 is 11.6 Å². The van der Waals surface area contributed by atoms with Crippen LogP contribution in [0.4, 0.5) is 13.2 Å². The molecule has 0 bridgehead atoms. The zero-order chi connectivity index (χ0) is 26.8. The average Bonchev–Trinajstić information content (AvgIpc) is 2.87. The highest BCUT2D eigenvalue weighted by molar-refractivity contribution is 6.30. The molecule has 9 heteroatoms. The molecule has 2 aromatic rings. The summed E-state index contributed by atoms with van der Waals surface area (Å²) in [7, 11) is 0. The Bertz CT molecular complexity index is 1070. The van der Waals surface area contributed by atoms with Crippen LogP contribution in [0.1, 0.15) is 56.2 Å². The number of amides is 1. The minimum atomic E-state index is -4.43. The van der Waals surface area contributed by atoms with Crippen LogP contribution in [-0.2, 0) is 27.9 Å². The van der Waals surface area contributed by atoms with E-state index in [1.165, 1.54) is 6.07 Å². The zero-order valence-corrected chi connectivity index (χ0v) is 21.9. The van der Waals surface area contributed by atoms with E-state index in [2.05, 4.69) is 10.2 Å². The topological polar surface area (TPSA) is 61.8 Å². The quantitative estimate of drug-likeness (QED) is 0.507. The number of piperidine rings is 1. The van der Waals surface area contributed by atoms with Gasteiger partial charge in [-0.15, -0.1) is 0 Å². The molecule has 0 aromatic heterocycles. The van der Waals surface area contributed by atoms with E-state index >= 15 is 0 Å². The molecule has 0 radical (unpaired) electrons. The maximum absolute atomic E-state index is 13.3. The Balaban J connectivity index is 1.34. The predicted octanol–water partition coefficient (Wildman–Crippen LogP) is 5.53. The van der Waals surface area contributed by atoms with Gasteiger partial charge in [-0.3, -0.25) is 9.69 Å². The molecule has 2 aliphatic rings. The van der Waals surface area contributed by atoms with Crippen LogP contribution in [0.5, 0.6) is 0 Å². The average molecular weight is 539 g/mol. The number of likely N-dealkylation sites (tertiary alicyclic amines) is 1. The van der Waals surface area contributed by atoms with Gasteiger partial charge in [-0.25, -0.2) is 0 Å². The van der Waals surface area contributed by atoms with Crippen LogP contribution < -0.4 is 5.32 Å². The van der Waals surface area contributed by atoms with Gasteiger partial charge < -0.3 is 15.2 Å². The number of rotatable bonds is 6. The number of nitrogens with zero attached hydrogens (tertiary/aromatic N) is 1. The largest absolute Gasteiger partial charge is 0.416 e. The summed E-state index contributed by atoms with van der Waals surface area (Å²) >= 11 is 5.99. The molecule has 2 atom stereocenters. The molecule has 0 saturated carbocycles. The first-order valence-electron chi connectivity index (χ1n) is 12.7. The summed E-state index contributed by atoms with van der Waals surface area (Å²) in [6.07, 6.45) is -1.97. The number of benzene rings is 2. The second-order valence-electron chi connectivity index (χ2n) is 10.5. The fourth-order valence-electron chi connectivity index (χ4n) is 5.46. The Hall–Kier alpha value is -2.13. The SMILES string of the molecule is CC(C)[C@]1(C(=O)NCc2cccc(C(F)(F)F)c2)CC[C@@H](N2CCC(O)(c3ccc(Cl)cc3)CC2)CO1. The predicted molar refractivity (Wildman–Crippen MR) is 136 cm³/mol. The third kappa shape index (κ3) is 6.14. The molecule has 202 valence electrons. The van der Waals surface area contributed by atoms with Gasteiger partial charge in [0.2, 0.25) is 0 Å². The lowest BCUT2D eigenvalue weighted by Gasteiger charge is -2.47. The third-order valence-corrected chi connectivity index (χ3v) is 8.18. The van der Waals surface area contributed by atoms with E-state index in [1.54, 1.807) is 18.2 Å². The van der Waals surface area contributed by atoms with Crippen molar-refractivity contribution in [2.75, 3.05) is 19.7 Å². The van der Waals surface area contributed by atoms with E-state index in [9.17, 15) is 23.1 Å². The lowest BCUT2D eigenvalue weighted by molar-refractivity contribution is -0.172. The summed E-state index contributed by atoms with van der Waals surface area (Å²) in [5, 5.41) is 14.6. The van der Waals surface area contributed by atoms with Crippen LogP contribution in [0.15, 0.2) is 48.5 Å². The normalized spacial score (nSPS) is 24.7. The number of alkyl halides is 3. The molecule has 2 N–H and O–H groups in total. The molecular weight excluding hydrogens is 505 g/mol. The molecule has 0 aliphatic carbocycles. The van der Waals surface area contributed by atoms with Crippen molar-refractivity contribution in [1.29, 1.82) is 0 Å². The van der Waals surface area contributed by atoms with Gasteiger partial charge in [0.15, 0.2) is 0 Å². The third-order valence-electron chi connectivity index (χ3n) is 7.93. The number of halogens is 4. The lowest BCUT2D eigenvalue weighted by atomic mass is 9.80. The second kappa shape index (κ2) is 10.9. The summed E-state index contributed by atoms with van der Waals surface area (Å²) in [5.74, 6) is -0.402. The molecule has 37 heavy (non-hydrogen) atoms.